The summed E-state index contributed by atoms with van der Waals surface area (Å²) in [6, 6.07) is 5.89. The minimum atomic E-state index is -0.568. The highest BCUT2D eigenvalue weighted by molar-refractivity contribution is 6.05. The molecule has 2 saturated heterocycles. The van der Waals surface area contributed by atoms with Crippen LogP contribution in [-0.4, -0.2) is 54.0 Å². The fraction of sp³-hybridized carbons (Fsp3) is 0.609. The minimum Gasteiger partial charge on any atom is -0.376 e. The fourth-order valence-electron chi connectivity index (χ4n) is 5.53. The topological polar surface area (TPSA) is 114 Å². The predicted molar refractivity (Wildman–Crippen MR) is 113 cm³/mol. The van der Waals surface area contributed by atoms with E-state index in [1.807, 2.05) is 12.1 Å². The van der Waals surface area contributed by atoms with Gasteiger partial charge in [0.25, 0.3) is 5.91 Å². The number of rotatable bonds is 5. The molecule has 2 atom stereocenters. The smallest absolute Gasteiger partial charge is 0.255 e. The number of amides is 3. The van der Waals surface area contributed by atoms with Crippen molar-refractivity contribution >= 4 is 17.7 Å². The number of imide groups is 1. The number of benzene rings is 1. The van der Waals surface area contributed by atoms with Crippen LogP contribution < -0.4 is 16.4 Å². The number of carbonyl (C=O) groups is 3. The first-order chi connectivity index (χ1) is 15.0. The van der Waals surface area contributed by atoms with E-state index in [1.54, 1.807) is 4.90 Å². The number of nitrogens with two attached hydrogens (primary N) is 1. The zero-order valence-electron chi connectivity index (χ0n) is 17.7. The van der Waals surface area contributed by atoms with Crippen molar-refractivity contribution in [3.05, 3.63) is 34.9 Å². The minimum absolute atomic E-state index is 0.122. The number of fused-ring (bicyclic) bond motifs is 1. The summed E-state index contributed by atoms with van der Waals surface area (Å²) in [6.45, 7) is 2.56. The zero-order chi connectivity index (χ0) is 21.6. The number of nitrogens with one attached hydrogen (secondary N) is 2. The maximum atomic E-state index is 13.0. The summed E-state index contributed by atoms with van der Waals surface area (Å²) in [5.74, 6) is -0.763. The molecule has 31 heavy (non-hydrogen) atoms. The van der Waals surface area contributed by atoms with Crippen LogP contribution in [0.5, 0.6) is 0 Å². The molecule has 3 amide bonds. The molecule has 1 aromatic carbocycles. The number of piperidine rings is 1. The van der Waals surface area contributed by atoms with Crippen LogP contribution >= 0.6 is 0 Å². The van der Waals surface area contributed by atoms with Gasteiger partial charge in [-0.15, -0.1) is 0 Å². The Hall–Kier alpha value is -2.29. The number of ether oxygens (including phenoxy) is 1. The van der Waals surface area contributed by atoms with E-state index in [9.17, 15) is 14.4 Å². The van der Waals surface area contributed by atoms with E-state index in [1.165, 1.54) is 6.42 Å². The molecule has 2 unspecified atom stereocenters. The third-order valence-corrected chi connectivity index (χ3v) is 7.43. The summed E-state index contributed by atoms with van der Waals surface area (Å²) >= 11 is 0. The number of nitrogens with zero attached hydrogens (tertiary/aromatic N) is 1. The van der Waals surface area contributed by atoms with E-state index < -0.39 is 6.04 Å². The molecule has 1 aromatic rings. The molecule has 3 aliphatic heterocycles. The average Bonchev–Trinajstić information content (AvgIpc) is 3.07. The molecule has 0 aromatic heterocycles. The lowest BCUT2D eigenvalue weighted by molar-refractivity contribution is -0.136. The van der Waals surface area contributed by atoms with Crippen LogP contribution in [0.1, 0.15) is 60.0 Å². The SMILES string of the molecule is NCC1CCC2(CO1)CC(NCc1ccc3c(c1)C(=O)N(C1CCC(=O)NC1=O)C3)C2. The molecule has 1 spiro atoms. The fourth-order valence-corrected chi connectivity index (χ4v) is 5.53. The summed E-state index contributed by atoms with van der Waals surface area (Å²) in [5.41, 5.74) is 8.70. The van der Waals surface area contributed by atoms with E-state index >= 15 is 0 Å². The lowest BCUT2D eigenvalue weighted by Crippen LogP contribution is -2.54. The van der Waals surface area contributed by atoms with Crippen molar-refractivity contribution in [3.63, 3.8) is 0 Å². The second-order valence-electron chi connectivity index (χ2n) is 9.58. The van der Waals surface area contributed by atoms with Gasteiger partial charge in [-0.05, 0) is 54.7 Å². The lowest BCUT2D eigenvalue weighted by Gasteiger charge is -2.51. The van der Waals surface area contributed by atoms with Crippen molar-refractivity contribution in [2.24, 2.45) is 11.1 Å². The van der Waals surface area contributed by atoms with Crippen LogP contribution in [0.3, 0.4) is 0 Å². The van der Waals surface area contributed by atoms with E-state index in [0.29, 0.717) is 43.1 Å². The maximum absolute atomic E-state index is 13.0. The van der Waals surface area contributed by atoms with Crippen LogP contribution in [0, 0.1) is 5.41 Å². The second-order valence-corrected chi connectivity index (χ2v) is 9.58. The first-order valence-corrected chi connectivity index (χ1v) is 11.3. The molecule has 166 valence electrons. The molecular weight excluding hydrogens is 396 g/mol. The molecule has 3 fully saturated rings. The number of hydrogen-bond acceptors (Lipinski definition) is 6. The highest BCUT2D eigenvalue weighted by Gasteiger charge is 2.46. The molecule has 4 aliphatic rings. The Balaban J connectivity index is 1.16. The van der Waals surface area contributed by atoms with E-state index in [0.717, 1.165) is 37.0 Å². The Labute approximate surface area is 181 Å². The number of hydrogen-bond donors (Lipinski definition) is 3. The molecule has 1 aliphatic carbocycles. The molecule has 8 nitrogen and oxygen atoms in total. The molecule has 0 bridgehead atoms. The van der Waals surface area contributed by atoms with Crippen molar-refractivity contribution in [2.75, 3.05) is 13.2 Å². The highest BCUT2D eigenvalue weighted by Crippen LogP contribution is 2.48. The van der Waals surface area contributed by atoms with Gasteiger partial charge in [-0.3, -0.25) is 19.7 Å². The van der Waals surface area contributed by atoms with E-state index in [2.05, 4.69) is 16.7 Å². The van der Waals surface area contributed by atoms with Crippen molar-refractivity contribution in [2.45, 2.75) is 69.8 Å². The number of carbonyl (C=O) groups excluding carboxylic acids is 3. The van der Waals surface area contributed by atoms with Crippen LogP contribution in [0.4, 0.5) is 0 Å². The van der Waals surface area contributed by atoms with E-state index in [4.69, 9.17) is 10.5 Å². The van der Waals surface area contributed by atoms with Gasteiger partial charge in [0.05, 0.1) is 12.7 Å². The van der Waals surface area contributed by atoms with Gasteiger partial charge in [0.1, 0.15) is 6.04 Å². The van der Waals surface area contributed by atoms with Gasteiger partial charge in [0, 0.05) is 37.7 Å². The van der Waals surface area contributed by atoms with Crippen LogP contribution in [0.25, 0.3) is 0 Å². The van der Waals surface area contributed by atoms with Gasteiger partial charge >= 0.3 is 0 Å². The second kappa shape index (κ2) is 8.00. The van der Waals surface area contributed by atoms with Gasteiger partial charge in [-0.2, -0.15) is 0 Å². The maximum Gasteiger partial charge on any atom is 0.255 e. The quantitative estimate of drug-likeness (QED) is 0.601. The predicted octanol–water partition coefficient (Wildman–Crippen LogP) is 0.824. The third kappa shape index (κ3) is 3.88. The molecule has 0 radical (unpaired) electrons. The highest BCUT2D eigenvalue weighted by atomic mass is 16.5. The Morgan fingerprint density at radius 1 is 1.23 bits per heavy atom. The van der Waals surface area contributed by atoms with Crippen LogP contribution in [0.15, 0.2) is 18.2 Å². The molecular formula is C23H30N4O4. The first-order valence-electron chi connectivity index (χ1n) is 11.3. The molecule has 5 rings (SSSR count). The van der Waals surface area contributed by atoms with Crippen molar-refractivity contribution in [1.82, 2.24) is 15.5 Å². The first kappa shape index (κ1) is 20.6. The van der Waals surface area contributed by atoms with Gasteiger partial charge in [0.2, 0.25) is 11.8 Å². The Kier molecular flexibility index (Phi) is 5.32. The van der Waals surface area contributed by atoms with Gasteiger partial charge < -0.3 is 20.7 Å². The summed E-state index contributed by atoms with van der Waals surface area (Å²) in [5, 5.41) is 5.96. The van der Waals surface area contributed by atoms with Gasteiger partial charge in [-0.25, -0.2) is 0 Å². The van der Waals surface area contributed by atoms with Crippen molar-refractivity contribution in [1.29, 1.82) is 0 Å². The van der Waals surface area contributed by atoms with Crippen molar-refractivity contribution in [3.8, 4) is 0 Å². The van der Waals surface area contributed by atoms with Gasteiger partial charge in [0.15, 0.2) is 0 Å². The summed E-state index contributed by atoms with van der Waals surface area (Å²) < 4.78 is 5.89. The Morgan fingerprint density at radius 3 is 2.77 bits per heavy atom. The molecule has 3 heterocycles. The van der Waals surface area contributed by atoms with Crippen LogP contribution in [-0.2, 0) is 27.4 Å². The van der Waals surface area contributed by atoms with Crippen molar-refractivity contribution < 1.29 is 19.1 Å². The molecule has 1 saturated carbocycles. The summed E-state index contributed by atoms with van der Waals surface area (Å²) in [6.07, 6.45) is 5.37. The monoisotopic (exact) mass is 426 g/mol. The summed E-state index contributed by atoms with van der Waals surface area (Å²) in [7, 11) is 0. The standard InChI is InChI=1S/C23H30N4O4/c24-10-17-5-6-23(13-31-17)8-16(9-23)25-11-14-1-2-15-12-27(22(30)18(15)7-14)19-3-4-20(28)26-21(19)29/h1-2,7,16-17,19,25H,3-6,8-13,24H2,(H,26,28,29). The lowest BCUT2D eigenvalue weighted by atomic mass is 9.62. The van der Waals surface area contributed by atoms with E-state index in [-0.39, 0.29) is 30.2 Å². The third-order valence-electron chi connectivity index (χ3n) is 7.43. The molecule has 8 heteroatoms. The largest absolute Gasteiger partial charge is 0.376 e. The van der Waals surface area contributed by atoms with Crippen LogP contribution in [0.2, 0.25) is 0 Å². The van der Waals surface area contributed by atoms with Gasteiger partial charge in [-0.1, -0.05) is 12.1 Å². The normalized spacial score (nSPS) is 32.7. The molecule has 4 N–H and O–H groups in total. The average molecular weight is 427 g/mol. The zero-order valence-corrected chi connectivity index (χ0v) is 17.7. The summed E-state index contributed by atoms with van der Waals surface area (Å²) in [4.78, 5) is 38.1. The Bertz CT molecular complexity index is 901. The Morgan fingerprint density at radius 2 is 2.06 bits per heavy atom.